The Morgan fingerprint density at radius 2 is 2.18 bits per heavy atom. The van der Waals surface area contributed by atoms with Gasteiger partial charge in [-0.05, 0) is 25.2 Å². The number of aliphatic hydroxyl groups excluding tert-OH is 1. The predicted molar refractivity (Wildman–Crippen MR) is 66.3 cm³/mol. The molecule has 3 N–H and O–H groups in total. The summed E-state index contributed by atoms with van der Waals surface area (Å²) in [6.07, 6.45) is 4.12. The molecule has 2 aliphatic rings. The molecular weight excluding hydrogens is 216 g/mol. The van der Waals surface area contributed by atoms with Crippen LogP contribution in [0.2, 0.25) is 0 Å². The molecular formula is C13H24N2O2. The molecule has 4 atom stereocenters. The van der Waals surface area contributed by atoms with Gasteiger partial charge in [-0.25, -0.2) is 0 Å². The van der Waals surface area contributed by atoms with Crippen molar-refractivity contribution < 1.29 is 9.90 Å². The van der Waals surface area contributed by atoms with Crippen LogP contribution in [0.15, 0.2) is 0 Å². The summed E-state index contributed by atoms with van der Waals surface area (Å²) in [4.78, 5) is 14.3. The second kappa shape index (κ2) is 5.36. The number of rotatable bonds is 2. The van der Waals surface area contributed by atoms with Crippen LogP contribution in [0.3, 0.4) is 0 Å². The number of nitrogens with two attached hydrogens (primary N) is 1. The Hall–Kier alpha value is -0.610. The van der Waals surface area contributed by atoms with Gasteiger partial charge in [0.1, 0.15) is 0 Å². The summed E-state index contributed by atoms with van der Waals surface area (Å²) < 4.78 is 0. The zero-order valence-corrected chi connectivity index (χ0v) is 10.6. The van der Waals surface area contributed by atoms with Crippen molar-refractivity contribution >= 4 is 5.91 Å². The zero-order chi connectivity index (χ0) is 12.4. The van der Waals surface area contributed by atoms with Crippen LogP contribution in [0.4, 0.5) is 0 Å². The maximum atomic E-state index is 12.4. The van der Waals surface area contributed by atoms with E-state index < -0.39 is 0 Å². The van der Waals surface area contributed by atoms with Gasteiger partial charge in [0, 0.05) is 31.7 Å². The molecule has 0 radical (unpaired) electrons. The fraction of sp³-hybridized carbons (Fsp3) is 0.923. The van der Waals surface area contributed by atoms with Gasteiger partial charge in [0.25, 0.3) is 0 Å². The van der Waals surface area contributed by atoms with Gasteiger partial charge in [-0.1, -0.05) is 13.3 Å². The topological polar surface area (TPSA) is 66.6 Å². The van der Waals surface area contributed by atoms with Crippen LogP contribution < -0.4 is 5.73 Å². The first kappa shape index (κ1) is 12.8. The van der Waals surface area contributed by atoms with E-state index in [0.29, 0.717) is 12.5 Å². The second-order valence-electron chi connectivity index (χ2n) is 5.71. The van der Waals surface area contributed by atoms with Crippen LogP contribution in [-0.4, -0.2) is 41.7 Å². The van der Waals surface area contributed by atoms with Crippen LogP contribution in [0.1, 0.15) is 32.6 Å². The third kappa shape index (κ3) is 2.63. The Kier molecular flexibility index (Phi) is 4.05. The molecule has 98 valence electrons. The van der Waals surface area contributed by atoms with Crippen LogP contribution in [0.5, 0.6) is 0 Å². The van der Waals surface area contributed by atoms with Gasteiger partial charge in [0.2, 0.25) is 5.91 Å². The van der Waals surface area contributed by atoms with Crippen molar-refractivity contribution in [2.24, 2.45) is 23.5 Å². The molecule has 4 nitrogen and oxygen atoms in total. The SMILES string of the molecule is CC1CCCC(C(=O)N2CCC(CO)C2)C1N. The summed E-state index contributed by atoms with van der Waals surface area (Å²) in [5.41, 5.74) is 6.16. The lowest BCUT2D eigenvalue weighted by atomic mass is 9.77. The molecule has 17 heavy (non-hydrogen) atoms. The molecule has 0 bridgehead atoms. The standard InChI is InChI=1S/C13H24N2O2/c1-9-3-2-4-11(12(9)14)13(17)15-6-5-10(7-15)8-16/h9-12,16H,2-8,14H2,1H3. The van der Waals surface area contributed by atoms with Crippen molar-refractivity contribution in [3.63, 3.8) is 0 Å². The van der Waals surface area contributed by atoms with Crippen LogP contribution in [0.25, 0.3) is 0 Å². The minimum Gasteiger partial charge on any atom is -0.396 e. The number of likely N-dealkylation sites (tertiary alicyclic amines) is 1. The molecule has 0 aromatic heterocycles. The molecule has 1 aliphatic carbocycles. The number of carbonyl (C=O) groups excluding carboxylic acids is 1. The van der Waals surface area contributed by atoms with E-state index in [4.69, 9.17) is 10.8 Å². The lowest BCUT2D eigenvalue weighted by Gasteiger charge is -2.35. The minimum absolute atomic E-state index is 0.0104. The zero-order valence-electron chi connectivity index (χ0n) is 10.6. The van der Waals surface area contributed by atoms with E-state index in [2.05, 4.69) is 6.92 Å². The molecule has 0 spiro atoms. The first-order valence-corrected chi connectivity index (χ1v) is 6.78. The van der Waals surface area contributed by atoms with Crippen molar-refractivity contribution in [3.8, 4) is 0 Å². The van der Waals surface area contributed by atoms with Crippen LogP contribution in [0, 0.1) is 17.8 Å². The summed E-state index contributed by atoms with van der Waals surface area (Å²) in [7, 11) is 0. The molecule has 0 aromatic rings. The average Bonchev–Trinajstić information content (AvgIpc) is 2.80. The van der Waals surface area contributed by atoms with Gasteiger partial charge >= 0.3 is 0 Å². The summed E-state index contributed by atoms with van der Waals surface area (Å²) >= 11 is 0. The normalized spacial score (nSPS) is 38.4. The highest BCUT2D eigenvalue weighted by molar-refractivity contribution is 5.80. The number of carbonyl (C=O) groups is 1. The van der Waals surface area contributed by atoms with Gasteiger partial charge in [-0.2, -0.15) is 0 Å². The minimum atomic E-state index is 0.0104. The van der Waals surface area contributed by atoms with Crippen molar-refractivity contribution in [3.05, 3.63) is 0 Å². The van der Waals surface area contributed by atoms with Crippen molar-refractivity contribution in [1.29, 1.82) is 0 Å². The molecule has 4 unspecified atom stereocenters. The third-order valence-corrected chi connectivity index (χ3v) is 4.47. The fourth-order valence-electron chi connectivity index (χ4n) is 3.15. The molecule has 1 heterocycles. The van der Waals surface area contributed by atoms with E-state index >= 15 is 0 Å². The molecule has 2 rings (SSSR count). The molecule has 1 saturated carbocycles. The summed E-state index contributed by atoms with van der Waals surface area (Å²) in [6, 6.07) is 0.0180. The third-order valence-electron chi connectivity index (χ3n) is 4.47. The van der Waals surface area contributed by atoms with Gasteiger partial charge in [-0.15, -0.1) is 0 Å². The first-order valence-electron chi connectivity index (χ1n) is 6.78. The summed E-state index contributed by atoms with van der Waals surface area (Å²) in [6.45, 7) is 3.84. The highest BCUT2D eigenvalue weighted by atomic mass is 16.3. The van der Waals surface area contributed by atoms with Crippen molar-refractivity contribution in [1.82, 2.24) is 4.90 Å². The van der Waals surface area contributed by atoms with E-state index in [9.17, 15) is 4.79 Å². The second-order valence-corrected chi connectivity index (χ2v) is 5.71. The number of aliphatic hydroxyl groups is 1. The molecule has 0 aromatic carbocycles. The van der Waals surface area contributed by atoms with Gasteiger partial charge in [0.15, 0.2) is 0 Å². The highest BCUT2D eigenvalue weighted by Crippen LogP contribution is 2.30. The molecule has 1 aliphatic heterocycles. The fourth-order valence-corrected chi connectivity index (χ4v) is 3.15. The summed E-state index contributed by atoms with van der Waals surface area (Å²) in [5.74, 6) is 0.960. The Balaban J connectivity index is 1.95. The lowest BCUT2D eigenvalue weighted by Crippen LogP contribution is -2.48. The maximum absolute atomic E-state index is 12.4. The number of hydrogen-bond donors (Lipinski definition) is 2. The number of hydrogen-bond acceptors (Lipinski definition) is 3. The monoisotopic (exact) mass is 240 g/mol. The highest BCUT2D eigenvalue weighted by Gasteiger charge is 2.37. The van der Waals surface area contributed by atoms with Gasteiger partial charge in [-0.3, -0.25) is 4.79 Å². The molecule has 2 fully saturated rings. The van der Waals surface area contributed by atoms with E-state index in [1.165, 1.54) is 0 Å². The molecule has 1 amide bonds. The number of nitrogens with zero attached hydrogens (tertiary/aromatic N) is 1. The smallest absolute Gasteiger partial charge is 0.227 e. The Labute approximate surface area is 103 Å². The van der Waals surface area contributed by atoms with Crippen molar-refractivity contribution in [2.75, 3.05) is 19.7 Å². The Morgan fingerprint density at radius 1 is 1.41 bits per heavy atom. The molecule has 1 saturated heterocycles. The maximum Gasteiger partial charge on any atom is 0.227 e. The Bertz CT molecular complexity index is 283. The Morgan fingerprint density at radius 3 is 2.82 bits per heavy atom. The van der Waals surface area contributed by atoms with E-state index in [-0.39, 0.29) is 30.4 Å². The van der Waals surface area contributed by atoms with Crippen LogP contribution in [-0.2, 0) is 4.79 Å². The first-order chi connectivity index (χ1) is 8.13. The predicted octanol–water partition coefficient (Wildman–Crippen LogP) is 0.591. The van der Waals surface area contributed by atoms with E-state index in [0.717, 1.165) is 32.2 Å². The molecule has 4 heteroatoms. The van der Waals surface area contributed by atoms with Crippen LogP contribution >= 0.6 is 0 Å². The lowest BCUT2D eigenvalue weighted by molar-refractivity contribution is -0.136. The summed E-state index contributed by atoms with van der Waals surface area (Å²) in [5, 5.41) is 9.11. The quantitative estimate of drug-likeness (QED) is 0.742. The average molecular weight is 240 g/mol. The van der Waals surface area contributed by atoms with E-state index in [1.54, 1.807) is 0 Å². The van der Waals surface area contributed by atoms with E-state index in [1.807, 2.05) is 4.90 Å². The number of amides is 1. The largest absolute Gasteiger partial charge is 0.396 e. The van der Waals surface area contributed by atoms with Gasteiger partial charge in [0.05, 0.1) is 5.92 Å². The van der Waals surface area contributed by atoms with Crippen molar-refractivity contribution in [2.45, 2.75) is 38.6 Å². The van der Waals surface area contributed by atoms with Gasteiger partial charge < -0.3 is 15.7 Å².